The Bertz CT molecular complexity index is 284. The summed E-state index contributed by atoms with van der Waals surface area (Å²) in [4.78, 5) is 2.49. The molecule has 0 fully saturated rings. The van der Waals surface area contributed by atoms with Gasteiger partial charge in [0.15, 0.2) is 0 Å². The summed E-state index contributed by atoms with van der Waals surface area (Å²) in [7, 11) is 4.26. The van der Waals surface area contributed by atoms with Crippen LogP contribution in [0.1, 0.15) is 25.3 Å². The Morgan fingerprint density at radius 3 is 2.53 bits per heavy atom. The van der Waals surface area contributed by atoms with Gasteiger partial charge in [-0.15, -0.1) is 0 Å². The molecule has 0 aliphatic carbocycles. The first-order chi connectivity index (χ1) is 8.27. The zero-order valence-corrected chi connectivity index (χ0v) is 11.4. The smallest absolute Gasteiger partial charge is 0.0130 e. The molecule has 17 heavy (non-hydrogen) atoms. The number of rotatable bonds is 8. The maximum absolute atomic E-state index is 3.20. The highest BCUT2D eigenvalue weighted by Crippen LogP contribution is 2.10. The second kappa shape index (κ2) is 8.26. The third kappa shape index (κ3) is 5.33. The molecule has 2 nitrogen and oxygen atoms in total. The van der Waals surface area contributed by atoms with E-state index in [0.717, 1.165) is 13.0 Å². The first-order valence-electron chi connectivity index (χ1n) is 6.66. The van der Waals surface area contributed by atoms with Gasteiger partial charge in [-0.2, -0.15) is 0 Å². The zero-order chi connectivity index (χ0) is 12.5. The van der Waals surface area contributed by atoms with Crippen molar-refractivity contribution in [2.45, 2.75) is 32.2 Å². The topological polar surface area (TPSA) is 15.3 Å². The minimum atomic E-state index is 0.661. The molecule has 1 unspecified atom stereocenters. The van der Waals surface area contributed by atoms with Crippen LogP contribution in [0.15, 0.2) is 30.3 Å². The van der Waals surface area contributed by atoms with Gasteiger partial charge in [-0.3, -0.25) is 0 Å². The average molecular weight is 234 g/mol. The molecule has 96 valence electrons. The first kappa shape index (κ1) is 14.2. The molecule has 0 radical (unpaired) electrons. The van der Waals surface area contributed by atoms with Crippen molar-refractivity contribution in [2.75, 3.05) is 27.2 Å². The quantitative estimate of drug-likeness (QED) is 0.695. The van der Waals surface area contributed by atoms with Gasteiger partial charge in [0, 0.05) is 6.04 Å². The van der Waals surface area contributed by atoms with Gasteiger partial charge in [0.05, 0.1) is 0 Å². The van der Waals surface area contributed by atoms with Gasteiger partial charge in [-0.1, -0.05) is 37.3 Å². The van der Waals surface area contributed by atoms with Gasteiger partial charge in [-0.05, 0) is 52.0 Å². The highest BCUT2D eigenvalue weighted by Gasteiger charge is 2.12. The third-order valence-corrected chi connectivity index (χ3v) is 3.35. The van der Waals surface area contributed by atoms with Crippen LogP contribution in [0.2, 0.25) is 0 Å². The molecule has 0 aliphatic heterocycles. The second-order valence-electron chi connectivity index (χ2n) is 4.69. The Kier molecular flexibility index (Phi) is 6.90. The van der Waals surface area contributed by atoms with Crippen LogP contribution < -0.4 is 5.32 Å². The van der Waals surface area contributed by atoms with Crippen molar-refractivity contribution < 1.29 is 0 Å². The molecule has 1 aromatic carbocycles. The Morgan fingerprint density at radius 2 is 1.94 bits per heavy atom. The van der Waals surface area contributed by atoms with Crippen molar-refractivity contribution in [1.82, 2.24) is 10.2 Å². The molecule has 0 heterocycles. The van der Waals surface area contributed by atoms with Crippen LogP contribution >= 0.6 is 0 Å². The predicted octanol–water partition coefficient (Wildman–Crippen LogP) is 2.55. The van der Waals surface area contributed by atoms with Gasteiger partial charge in [0.25, 0.3) is 0 Å². The van der Waals surface area contributed by atoms with E-state index in [1.165, 1.54) is 24.9 Å². The lowest BCUT2D eigenvalue weighted by molar-refractivity contribution is 0.231. The number of hydrogen-bond acceptors (Lipinski definition) is 2. The lowest BCUT2D eigenvalue weighted by Gasteiger charge is -2.27. The Balaban J connectivity index is 2.42. The van der Waals surface area contributed by atoms with Crippen LogP contribution in [0.25, 0.3) is 0 Å². The minimum absolute atomic E-state index is 0.661. The van der Waals surface area contributed by atoms with Gasteiger partial charge < -0.3 is 10.2 Å². The molecule has 0 saturated heterocycles. The maximum atomic E-state index is 3.20. The Morgan fingerprint density at radius 1 is 1.24 bits per heavy atom. The Labute approximate surface area is 106 Å². The third-order valence-electron chi connectivity index (χ3n) is 3.35. The van der Waals surface area contributed by atoms with Crippen molar-refractivity contribution in [2.24, 2.45) is 0 Å². The summed E-state index contributed by atoms with van der Waals surface area (Å²) in [6.07, 6.45) is 3.59. The predicted molar refractivity (Wildman–Crippen MR) is 75.4 cm³/mol. The van der Waals surface area contributed by atoms with Crippen LogP contribution in [-0.4, -0.2) is 38.1 Å². The second-order valence-corrected chi connectivity index (χ2v) is 4.69. The normalized spacial score (nSPS) is 12.9. The highest BCUT2D eigenvalue weighted by molar-refractivity contribution is 5.15. The van der Waals surface area contributed by atoms with E-state index in [2.05, 4.69) is 54.5 Å². The molecule has 1 aromatic rings. The lowest BCUT2D eigenvalue weighted by Crippen LogP contribution is -2.34. The summed E-state index contributed by atoms with van der Waals surface area (Å²) in [5.41, 5.74) is 1.44. The molecule has 0 saturated carbocycles. The zero-order valence-electron chi connectivity index (χ0n) is 11.4. The fraction of sp³-hybridized carbons (Fsp3) is 0.600. The molecule has 0 spiro atoms. The van der Waals surface area contributed by atoms with E-state index in [9.17, 15) is 0 Å². The molecular formula is C15H26N2. The van der Waals surface area contributed by atoms with Crippen LogP contribution in [0.4, 0.5) is 0 Å². The summed E-state index contributed by atoms with van der Waals surface area (Å²) < 4.78 is 0. The number of nitrogens with zero attached hydrogens (tertiary/aromatic N) is 1. The van der Waals surface area contributed by atoms with Gasteiger partial charge in [0.1, 0.15) is 0 Å². The van der Waals surface area contributed by atoms with E-state index in [-0.39, 0.29) is 0 Å². The Hall–Kier alpha value is -0.860. The number of nitrogens with one attached hydrogen (secondary N) is 1. The van der Waals surface area contributed by atoms with Crippen molar-refractivity contribution in [3.63, 3.8) is 0 Å². The molecular weight excluding hydrogens is 208 g/mol. The lowest BCUT2D eigenvalue weighted by atomic mass is 10.0. The van der Waals surface area contributed by atoms with Crippen molar-refractivity contribution in [1.29, 1.82) is 0 Å². The largest absolute Gasteiger partial charge is 0.320 e. The molecule has 1 N–H and O–H groups in total. The average Bonchev–Trinajstić information content (AvgIpc) is 2.37. The highest BCUT2D eigenvalue weighted by atomic mass is 15.1. The number of hydrogen-bond donors (Lipinski definition) is 1. The van der Waals surface area contributed by atoms with E-state index in [4.69, 9.17) is 0 Å². The van der Waals surface area contributed by atoms with Gasteiger partial charge in [0.2, 0.25) is 0 Å². The minimum Gasteiger partial charge on any atom is -0.320 e. The molecule has 2 heteroatoms. The van der Waals surface area contributed by atoms with Crippen molar-refractivity contribution in [3.8, 4) is 0 Å². The van der Waals surface area contributed by atoms with Gasteiger partial charge >= 0.3 is 0 Å². The summed E-state index contributed by atoms with van der Waals surface area (Å²) in [5.74, 6) is 0. The van der Waals surface area contributed by atoms with E-state index >= 15 is 0 Å². The van der Waals surface area contributed by atoms with Crippen LogP contribution in [0.3, 0.4) is 0 Å². The van der Waals surface area contributed by atoms with E-state index < -0.39 is 0 Å². The van der Waals surface area contributed by atoms with Crippen LogP contribution in [-0.2, 0) is 6.42 Å². The summed E-state index contributed by atoms with van der Waals surface area (Å²) in [5, 5.41) is 3.20. The SMILES string of the molecule is CCC(Cc1ccccc1)N(C)CCCNC. The molecule has 0 amide bonds. The summed E-state index contributed by atoms with van der Waals surface area (Å²) >= 11 is 0. The molecule has 0 aliphatic rings. The van der Waals surface area contributed by atoms with Crippen molar-refractivity contribution in [3.05, 3.63) is 35.9 Å². The fourth-order valence-electron chi connectivity index (χ4n) is 2.19. The van der Waals surface area contributed by atoms with E-state index in [0.29, 0.717) is 6.04 Å². The van der Waals surface area contributed by atoms with E-state index in [1.54, 1.807) is 0 Å². The van der Waals surface area contributed by atoms with Crippen LogP contribution in [0.5, 0.6) is 0 Å². The summed E-state index contributed by atoms with van der Waals surface area (Å²) in [6, 6.07) is 11.5. The number of likely N-dealkylation sites (N-methyl/N-ethyl adjacent to an activating group) is 1. The first-order valence-corrected chi connectivity index (χ1v) is 6.66. The van der Waals surface area contributed by atoms with Crippen molar-refractivity contribution >= 4 is 0 Å². The molecule has 1 rings (SSSR count). The van der Waals surface area contributed by atoms with Crippen LogP contribution in [0, 0.1) is 0 Å². The fourth-order valence-corrected chi connectivity index (χ4v) is 2.19. The van der Waals surface area contributed by atoms with E-state index in [1.807, 2.05) is 7.05 Å². The maximum Gasteiger partial charge on any atom is 0.0130 e. The molecule has 0 aromatic heterocycles. The summed E-state index contributed by atoms with van der Waals surface area (Å²) in [6.45, 7) is 4.56. The number of benzene rings is 1. The molecule has 1 atom stereocenters. The molecule has 0 bridgehead atoms. The van der Waals surface area contributed by atoms with Gasteiger partial charge in [-0.25, -0.2) is 0 Å². The standard InChI is InChI=1S/C15H26N2/c1-4-15(17(3)12-8-11-16-2)13-14-9-6-5-7-10-14/h5-7,9-10,15-16H,4,8,11-13H2,1-3H3. The monoisotopic (exact) mass is 234 g/mol.